The van der Waals surface area contributed by atoms with Gasteiger partial charge in [0, 0.05) is 18.1 Å². The van der Waals surface area contributed by atoms with Gasteiger partial charge in [-0.1, -0.05) is 19.9 Å². The van der Waals surface area contributed by atoms with Gasteiger partial charge in [0.1, 0.15) is 5.69 Å². The second-order valence-electron chi connectivity index (χ2n) is 4.58. The van der Waals surface area contributed by atoms with Crippen molar-refractivity contribution < 1.29 is 8.78 Å². The van der Waals surface area contributed by atoms with Crippen molar-refractivity contribution in [3.8, 4) is 0 Å². The molecule has 0 saturated heterocycles. The Bertz CT molecular complexity index is 565. The van der Waals surface area contributed by atoms with Crippen LogP contribution in [0.15, 0.2) is 24.3 Å². The number of pyridine rings is 1. The van der Waals surface area contributed by atoms with E-state index >= 15 is 0 Å². The molecule has 0 atom stereocenters. The van der Waals surface area contributed by atoms with Crippen LogP contribution in [0.4, 0.5) is 14.5 Å². The highest BCUT2D eigenvalue weighted by molar-refractivity contribution is 5.92. The zero-order valence-electron chi connectivity index (χ0n) is 10.7. The molecule has 96 valence electrons. The molecule has 2 aromatic rings. The molecule has 0 bridgehead atoms. The first-order valence-corrected chi connectivity index (χ1v) is 5.93. The first-order valence-electron chi connectivity index (χ1n) is 5.93. The molecule has 2 rings (SSSR count). The fraction of sp³-hybridized carbons (Fsp3) is 0.357. The first kappa shape index (κ1) is 12.7. The number of aromatic nitrogens is 1. The number of alkyl halides is 2. The lowest BCUT2D eigenvalue weighted by Crippen LogP contribution is -1.98. The predicted molar refractivity (Wildman–Crippen MR) is 70.3 cm³/mol. The van der Waals surface area contributed by atoms with Crippen molar-refractivity contribution in [1.82, 2.24) is 4.98 Å². The monoisotopic (exact) mass is 250 g/mol. The van der Waals surface area contributed by atoms with Crippen molar-refractivity contribution >= 4 is 16.6 Å². The lowest BCUT2D eigenvalue weighted by molar-refractivity contribution is 0.146. The SMILES string of the molecule is CNc1cc(C(F)F)nc2ccc(C(C)C)cc12. The van der Waals surface area contributed by atoms with E-state index in [-0.39, 0.29) is 5.69 Å². The summed E-state index contributed by atoms with van der Waals surface area (Å²) in [5, 5.41) is 3.84. The summed E-state index contributed by atoms with van der Waals surface area (Å²) in [7, 11) is 1.73. The Morgan fingerprint density at radius 1 is 1.17 bits per heavy atom. The Morgan fingerprint density at radius 2 is 1.89 bits per heavy atom. The van der Waals surface area contributed by atoms with Gasteiger partial charge in [0.15, 0.2) is 0 Å². The molecular weight excluding hydrogens is 234 g/mol. The minimum Gasteiger partial charge on any atom is -0.388 e. The van der Waals surface area contributed by atoms with Crippen LogP contribution in [0, 0.1) is 0 Å². The normalized spacial score (nSPS) is 11.5. The molecular formula is C14H16F2N2. The fourth-order valence-corrected chi connectivity index (χ4v) is 1.94. The van der Waals surface area contributed by atoms with Crippen molar-refractivity contribution in [3.63, 3.8) is 0 Å². The summed E-state index contributed by atoms with van der Waals surface area (Å²) < 4.78 is 25.5. The number of hydrogen-bond donors (Lipinski definition) is 1. The van der Waals surface area contributed by atoms with Gasteiger partial charge in [0.25, 0.3) is 6.43 Å². The van der Waals surface area contributed by atoms with E-state index in [9.17, 15) is 8.78 Å². The Kier molecular flexibility index (Phi) is 3.45. The second-order valence-corrected chi connectivity index (χ2v) is 4.58. The summed E-state index contributed by atoms with van der Waals surface area (Å²) in [6.07, 6.45) is -2.55. The molecule has 0 amide bonds. The van der Waals surface area contributed by atoms with E-state index in [2.05, 4.69) is 24.1 Å². The highest BCUT2D eigenvalue weighted by Gasteiger charge is 2.13. The summed E-state index contributed by atoms with van der Waals surface area (Å²) in [5.41, 5.74) is 2.27. The van der Waals surface area contributed by atoms with Gasteiger partial charge in [-0.25, -0.2) is 13.8 Å². The molecule has 0 radical (unpaired) electrons. The van der Waals surface area contributed by atoms with E-state index in [0.717, 1.165) is 5.39 Å². The standard InChI is InChI=1S/C14H16F2N2/c1-8(2)9-4-5-11-10(6-9)12(17-3)7-13(18-11)14(15)16/h4-8,14H,1-3H3,(H,17,18). The van der Waals surface area contributed by atoms with Gasteiger partial charge in [0.2, 0.25) is 0 Å². The molecule has 1 heterocycles. The number of fused-ring (bicyclic) bond motifs is 1. The van der Waals surface area contributed by atoms with Crippen LogP contribution in [0.5, 0.6) is 0 Å². The van der Waals surface area contributed by atoms with Crippen LogP contribution in [0.1, 0.15) is 37.4 Å². The highest BCUT2D eigenvalue weighted by Crippen LogP contribution is 2.29. The van der Waals surface area contributed by atoms with Crippen LogP contribution in [-0.2, 0) is 0 Å². The zero-order chi connectivity index (χ0) is 13.3. The lowest BCUT2D eigenvalue weighted by atomic mass is 10.0. The fourth-order valence-electron chi connectivity index (χ4n) is 1.94. The molecule has 0 aliphatic carbocycles. The number of halogens is 2. The lowest BCUT2D eigenvalue weighted by Gasteiger charge is -2.12. The smallest absolute Gasteiger partial charge is 0.280 e. The maximum atomic E-state index is 12.7. The highest BCUT2D eigenvalue weighted by atomic mass is 19.3. The second kappa shape index (κ2) is 4.88. The zero-order valence-corrected chi connectivity index (χ0v) is 10.7. The minimum absolute atomic E-state index is 0.191. The third kappa shape index (κ3) is 2.28. The maximum Gasteiger partial charge on any atom is 0.280 e. The number of hydrogen-bond acceptors (Lipinski definition) is 2. The summed E-state index contributed by atoms with van der Waals surface area (Å²) in [6.45, 7) is 4.20. The van der Waals surface area contributed by atoms with E-state index < -0.39 is 6.43 Å². The summed E-state index contributed by atoms with van der Waals surface area (Å²) >= 11 is 0. The van der Waals surface area contributed by atoms with Crippen LogP contribution < -0.4 is 5.32 Å². The van der Waals surface area contributed by atoms with Gasteiger partial charge in [0.05, 0.1) is 5.52 Å². The first-order chi connectivity index (χ1) is 8.52. The van der Waals surface area contributed by atoms with Gasteiger partial charge < -0.3 is 5.32 Å². The van der Waals surface area contributed by atoms with Gasteiger partial charge >= 0.3 is 0 Å². The largest absolute Gasteiger partial charge is 0.388 e. The molecule has 2 nitrogen and oxygen atoms in total. The van der Waals surface area contributed by atoms with E-state index in [1.165, 1.54) is 11.6 Å². The molecule has 0 fully saturated rings. The van der Waals surface area contributed by atoms with Crippen LogP contribution >= 0.6 is 0 Å². The maximum absolute atomic E-state index is 12.7. The van der Waals surface area contributed by atoms with Crippen molar-refractivity contribution in [2.24, 2.45) is 0 Å². The molecule has 4 heteroatoms. The van der Waals surface area contributed by atoms with E-state index in [1.54, 1.807) is 13.1 Å². The Balaban J connectivity index is 2.67. The third-order valence-electron chi connectivity index (χ3n) is 3.01. The van der Waals surface area contributed by atoms with Crippen molar-refractivity contribution in [2.45, 2.75) is 26.2 Å². The van der Waals surface area contributed by atoms with Crippen molar-refractivity contribution in [2.75, 3.05) is 12.4 Å². The van der Waals surface area contributed by atoms with Crippen LogP contribution in [0.3, 0.4) is 0 Å². The van der Waals surface area contributed by atoms with Crippen LogP contribution in [0.2, 0.25) is 0 Å². The number of nitrogens with zero attached hydrogens (tertiary/aromatic N) is 1. The van der Waals surface area contributed by atoms with E-state index in [1.807, 2.05) is 12.1 Å². The summed E-state index contributed by atoms with van der Waals surface area (Å²) in [4.78, 5) is 3.99. The molecule has 18 heavy (non-hydrogen) atoms. The molecule has 0 unspecified atom stereocenters. The Morgan fingerprint density at radius 3 is 2.44 bits per heavy atom. The quantitative estimate of drug-likeness (QED) is 0.876. The molecule has 1 aromatic heterocycles. The predicted octanol–water partition coefficient (Wildman–Crippen LogP) is 4.34. The minimum atomic E-state index is -2.55. The van der Waals surface area contributed by atoms with Gasteiger partial charge in [-0.15, -0.1) is 0 Å². The molecule has 1 N–H and O–H groups in total. The Hall–Kier alpha value is -1.71. The molecule has 0 saturated carbocycles. The number of anilines is 1. The van der Waals surface area contributed by atoms with E-state index in [4.69, 9.17) is 0 Å². The average Bonchev–Trinajstić information content (AvgIpc) is 2.36. The Labute approximate surface area is 105 Å². The third-order valence-corrected chi connectivity index (χ3v) is 3.01. The number of benzene rings is 1. The topological polar surface area (TPSA) is 24.9 Å². The summed E-state index contributed by atoms with van der Waals surface area (Å²) in [6, 6.07) is 7.16. The molecule has 0 aliphatic heterocycles. The van der Waals surface area contributed by atoms with Crippen LogP contribution in [-0.4, -0.2) is 12.0 Å². The average molecular weight is 250 g/mol. The van der Waals surface area contributed by atoms with Crippen molar-refractivity contribution in [3.05, 3.63) is 35.5 Å². The number of rotatable bonds is 3. The summed E-state index contributed by atoms with van der Waals surface area (Å²) in [5.74, 6) is 0.397. The van der Waals surface area contributed by atoms with Gasteiger partial charge in [-0.2, -0.15) is 0 Å². The van der Waals surface area contributed by atoms with E-state index in [0.29, 0.717) is 17.1 Å². The number of nitrogens with one attached hydrogen (secondary N) is 1. The molecule has 0 spiro atoms. The van der Waals surface area contributed by atoms with Gasteiger partial charge in [-0.05, 0) is 29.7 Å². The van der Waals surface area contributed by atoms with Crippen LogP contribution in [0.25, 0.3) is 10.9 Å². The van der Waals surface area contributed by atoms with Crippen molar-refractivity contribution in [1.29, 1.82) is 0 Å². The van der Waals surface area contributed by atoms with Gasteiger partial charge in [-0.3, -0.25) is 0 Å². The molecule has 0 aliphatic rings. The molecule has 1 aromatic carbocycles.